The molecule has 27 heavy (non-hydrogen) atoms. The van der Waals surface area contributed by atoms with E-state index in [0.717, 1.165) is 44.0 Å². The summed E-state index contributed by atoms with van der Waals surface area (Å²) in [6.07, 6.45) is 0. The molecule has 1 fully saturated rings. The van der Waals surface area contributed by atoms with Gasteiger partial charge < -0.3 is 9.80 Å². The maximum Gasteiger partial charge on any atom is 0.253 e. The third-order valence-corrected chi connectivity index (χ3v) is 5.26. The molecular formula is C22H28FN3O. The van der Waals surface area contributed by atoms with E-state index >= 15 is 0 Å². The molecule has 2 aromatic carbocycles. The Balaban J connectivity index is 1.56. The molecule has 0 aromatic heterocycles. The summed E-state index contributed by atoms with van der Waals surface area (Å²) in [4.78, 5) is 19.2. The van der Waals surface area contributed by atoms with E-state index in [1.54, 1.807) is 12.1 Å². The van der Waals surface area contributed by atoms with Gasteiger partial charge in [0.25, 0.3) is 5.91 Å². The number of nitrogens with zero attached hydrogens (tertiary/aromatic N) is 3. The van der Waals surface area contributed by atoms with Crippen LogP contribution in [0.15, 0.2) is 48.5 Å². The van der Waals surface area contributed by atoms with Crippen molar-refractivity contribution < 1.29 is 9.18 Å². The van der Waals surface area contributed by atoms with Crippen molar-refractivity contribution in [1.29, 1.82) is 0 Å². The Morgan fingerprint density at radius 3 is 2.07 bits per heavy atom. The van der Waals surface area contributed by atoms with Gasteiger partial charge in [0, 0.05) is 44.0 Å². The van der Waals surface area contributed by atoms with Crippen molar-refractivity contribution >= 4 is 11.6 Å². The predicted molar refractivity (Wildman–Crippen MR) is 108 cm³/mol. The first-order valence-electron chi connectivity index (χ1n) is 9.71. The van der Waals surface area contributed by atoms with Crippen LogP contribution < -0.4 is 4.90 Å². The van der Waals surface area contributed by atoms with Crippen molar-refractivity contribution in [2.45, 2.75) is 20.4 Å². The first-order chi connectivity index (χ1) is 13.1. The predicted octanol–water partition coefficient (Wildman–Crippen LogP) is 3.63. The van der Waals surface area contributed by atoms with Gasteiger partial charge >= 0.3 is 0 Å². The zero-order chi connectivity index (χ0) is 19.2. The van der Waals surface area contributed by atoms with Crippen molar-refractivity contribution in [1.82, 2.24) is 9.80 Å². The minimum absolute atomic E-state index is 0.0862. The van der Waals surface area contributed by atoms with Crippen LogP contribution in [0.1, 0.15) is 29.8 Å². The van der Waals surface area contributed by atoms with Crippen LogP contribution in [0, 0.1) is 5.82 Å². The van der Waals surface area contributed by atoms with Gasteiger partial charge in [0.15, 0.2) is 0 Å². The average Bonchev–Trinajstić information content (AvgIpc) is 2.72. The molecule has 0 bridgehead atoms. The molecule has 0 atom stereocenters. The molecule has 1 aliphatic rings. The van der Waals surface area contributed by atoms with Crippen LogP contribution in [-0.4, -0.2) is 55.0 Å². The molecule has 0 N–H and O–H groups in total. The van der Waals surface area contributed by atoms with Crippen LogP contribution in [0.5, 0.6) is 0 Å². The van der Waals surface area contributed by atoms with Crippen LogP contribution in [0.25, 0.3) is 0 Å². The average molecular weight is 369 g/mol. The Morgan fingerprint density at radius 2 is 1.52 bits per heavy atom. The fraction of sp³-hybridized carbons (Fsp3) is 0.409. The summed E-state index contributed by atoms with van der Waals surface area (Å²) >= 11 is 0. The second-order valence-corrected chi connectivity index (χ2v) is 6.91. The summed E-state index contributed by atoms with van der Waals surface area (Å²) in [5.41, 5.74) is 2.98. The second-order valence-electron chi connectivity index (χ2n) is 6.91. The molecule has 5 heteroatoms. The van der Waals surface area contributed by atoms with E-state index in [1.165, 1.54) is 17.7 Å². The highest BCUT2D eigenvalue weighted by Crippen LogP contribution is 2.18. The van der Waals surface area contributed by atoms with Gasteiger partial charge in [-0.25, -0.2) is 4.39 Å². The van der Waals surface area contributed by atoms with Gasteiger partial charge in [-0.3, -0.25) is 9.69 Å². The molecule has 3 rings (SSSR count). The van der Waals surface area contributed by atoms with E-state index in [-0.39, 0.29) is 11.7 Å². The maximum absolute atomic E-state index is 13.1. The molecule has 0 radical (unpaired) electrons. The Labute approximate surface area is 161 Å². The first-order valence-corrected chi connectivity index (χ1v) is 9.71. The van der Waals surface area contributed by atoms with Gasteiger partial charge in [-0.15, -0.1) is 0 Å². The molecule has 1 aliphatic heterocycles. The lowest BCUT2D eigenvalue weighted by atomic mass is 10.1. The van der Waals surface area contributed by atoms with Crippen LogP contribution >= 0.6 is 0 Å². The molecule has 1 amide bonds. The molecule has 4 nitrogen and oxygen atoms in total. The van der Waals surface area contributed by atoms with Crippen molar-refractivity contribution in [3.63, 3.8) is 0 Å². The highest BCUT2D eigenvalue weighted by Gasteiger charge is 2.22. The number of carbonyl (C=O) groups is 1. The highest BCUT2D eigenvalue weighted by molar-refractivity contribution is 5.94. The summed E-state index contributed by atoms with van der Waals surface area (Å²) in [6.45, 7) is 10.2. The summed E-state index contributed by atoms with van der Waals surface area (Å²) < 4.78 is 13.1. The Kier molecular flexibility index (Phi) is 6.45. The van der Waals surface area contributed by atoms with Gasteiger partial charge in [0.2, 0.25) is 0 Å². The highest BCUT2D eigenvalue weighted by atomic mass is 19.1. The van der Waals surface area contributed by atoms with Gasteiger partial charge in [-0.05, 0) is 55.1 Å². The topological polar surface area (TPSA) is 26.8 Å². The molecular weight excluding hydrogens is 341 g/mol. The largest absolute Gasteiger partial charge is 0.368 e. The molecule has 144 valence electrons. The molecule has 2 aromatic rings. The van der Waals surface area contributed by atoms with Crippen molar-refractivity contribution in [3.8, 4) is 0 Å². The van der Waals surface area contributed by atoms with Gasteiger partial charge in [0.05, 0.1) is 0 Å². The fourth-order valence-corrected chi connectivity index (χ4v) is 3.46. The summed E-state index contributed by atoms with van der Waals surface area (Å²) in [6, 6.07) is 14.5. The molecule has 0 aliphatic carbocycles. The molecule has 1 heterocycles. The lowest BCUT2D eigenvalue weighted by Crippen LogP contribution is -2.48. The normalized spacial score (nSPS) is 14.7. The Hall–Kier alpha value is -2.40. The minimum atomic E-state index is -0.225. The number of amides is 1. The standard InChI is InChI=1S/C22H28FN3O/c1-3-24(4-2)17-18-5-7-19(8-6-18)22(27)26-15-13-25(14-16-26)21-11-9-20(23)10-12-21/h5-12H,3-4,13-17H2,1-2H3. The quantitative estimate of drug-likeness (QED) is 0.778. The summed E-state index contributed by atoms with van der Waals surface area (Å²) in [7, 11) is 0. The number of hydrogen-bond donors (Lipinski definition) is 0. The Bertz CT molecular complexity index is 733. The van der Waals surface area contributed by atoms with E-state index in [2.05, 4.69) is 35.8 Å². The maximum atomic E-state index is 13.1. The second kappa shape index (κ2) is 9.00. The number of anilines is 1. The van der Waals surface area contributed by atoms with E-state index in [9.17, 15) is 9.18 Å². The smallest absolute Gasteiger partial charge is 0.253 e. The number of benzene rings is 2. The summed E-state index contributed by atoms with van der Waals surface area (Å²) in [5, 5.41) is 0. The Morgan fingerprint density at radius 1 is 0.926 bits per heavy atom. The van der Waals surface area contributed by atoms with E-state index in [4.69, 9.17) is 0 Å². The minimum Gasteiger partial charge on any atom is -0.368 e. The van der Waals surface area contributed by atoms with Crippen LogP contribution in [-0.2, 0) is 6.54 Å². The molecule has 0 spiro atoms. The van der Waals surface area contributed by atoms with E-state index in [0.29, 0.717) is 13.1 Å². The third-order valence-electron chi connectivity index (χ3n) is 5.26. The van der Waals surface area contributed by atoms with Crippen LogP contribution in [0.3, 0.4) is 0 Å². The number of hydrogen-bond acceptors (Lipinski definition) is 3. The van der Waals surface area contributed by atoms with Crippen LogP contribution in [0.4, 0.5) is 10.1 Å². The lowest BCUT2D eigenvalue weighted by molar-refractivity contribution is 0.0747. The third kappa shape index (κ3) is 4.86. The van der Waals surface area contributed by atoms with E-state index < -0.39 is 0 Å². The van der Waals surface area contributed by atoms with Crippen molar-refractivity contribution in [2.24, 2.45) is 0 Å². The number of piperazine rings is 1. The van der Waals surface area contributed by atoms with Crippen molar-refractivity contribution in [2.75, 3.05) is 44.2 Å². The number of carbonyl (C=O) groups excluding carboxylic acids is 1. The van der Waals surface area contributed by atoms with Gasteiger partial charge in [-0.2, -0.15) is 0 Å². The van der Waals surface area contributed by atoms with Crippen molar-refractivity contribution in [3.05, 3.63) is 65.5 Å². The fourth-order valence-electron chi connectivity index (χ4n) is 3.46. The SMILES string of the molecule is CCN(CC)Cc1ccc(C(=O)N2CCN(c3ccc(F)cc3)CC2)cc1. The zero-order valence-corrected chi connectivity index (χ0v) is 16.2. The summed E-state index contributed by atoms with van der Waals surface area (Å²) in [5.74, 6) is -0.139. The lowest BCUT2D eigenvalue weighted by Gasteiger charge is -2.36. The monoisotopic (exact) mass is 369 g/mol. The van der Waals surface area contributed by atoms with Gasteiger partial charge in [-0.1, -0.05) is 26.0 Å². The number of rotatable bonds is 6. The first kappa shape index (κ1) is 19.4. The van der Waals surface area contributed by atoms with E-state index in [1.807, 2.05) is 17.0 Å². The van der Waals surface area contributed by atoms with Crippen LogP contribution in [0.2, 0.25) is 0 Å². The number of halogens is 1. The zero-order valence-electron chi connectivity index (χ0n) is 16.2. The molecule has 0 saturated carbocycles. The molecule has 1 saturated heterocycles. The van der Waals surface area contributed by atoms with Gasteiger partial charge in [0.1, 0.15) is 5.82 Å². The molecule has 0 unspecified atom stereocenters.